The molecule has 0 aliphatic heterocycles. The van der Waals surface area contributed by atoms with Gasteiger partial charge in [0.1, 0.15) is 10.4 Å². The van der Waals surface area contributed by atoms with Gasteiger partial charge in [-0.1, -0.05) is 0 Å². The monoisotopic (exact) mass is 316 g/mol. The molecule has 0 saturated carbocycles. The van der Waals surface area contributed by atoms with Crippen LogP contribution in [0.3, 0.4) is 0 Å². The molecule has 2 N–H and O–H groups in total. The van der Waals surface area contributed by atoms with Gasteiger partial charge in [0.15, 0.2) is 5.03 Å². The zero-order chi connectivity index (χ0) is 12.5. The number of nitrogens with zero attached hydrogens (tertiary/aromatic N) is 1. The third-order valence-corrected chi connectivity index (χ3v) is 3.08. The molecule has 1 heterocycles. The minimum Gasteiger partial charge on any atom is -0.496 e. The lowest BCUT2D eigenvalue weighted by molar-refractivity contribution is 0.145. The zero-order valence-electron chi connectivity index (χ0n) is 7.95. The second kappa shape index (κ2) is 4.60. The number of hydrogen-bond acceptors (Lipinski definition) is 4. The Labute approximate surface area is 98.8 Å². The van der Waals surface area contributed by atoms with E-state index >= 15 is 0 Å². The molecule has 0 bridgehead atoms. The molecule has 0 fully saturated rings. The minimum absolute atomic E-state index is 0.291. The Hall–Kier alpha value is -0.800. The first kappa shape index (κ1) is 13.3. The Balaban J connectivity index is 3.50. The largest absolute Gasteiger partial charge is 0.496 e. The summed E-state index contributed by atoms with van der Waals surface area (Å²) in [6.45, 7) is 0. The van der Waals surface area contributed by atoms with Gasteiger partial charge >= 0.3 is 0 Å². The van der Waals surface area contributed by atoms with Gasteiger partial charge in [-0.25, -0.2) is 27.3 Å². The number of sulfonamides is 1. The van der Waals surface area contributed by atoms with Gasteiger partial charge in [0.2, 0.25) is 0 Å². The topological polar surface area (TPSA) is 82.3 Å². The van der Waals surface area contributed by atoms with Gasteiger partial charge in [-0.05, 0) is 15.9 Å². The lowest BCUT2D eigenvalue weighted by Gasteiger charge is -2.10. The molecule has 0 radical (unpaired) electrons. The van der Waals surface area contributed by atoms with E-state index in [1.54, 1.807) is 0 Å². The van der Waals surface area contributed by atoms with E-state index in [0.29, 0.717) is 0 Å². The molecule has 0 aromatic carbocycles. The first-order valence-electron chi connectivity index (χ1n) is 3.82. The Morgan fingerprint density at radius 3 is 2.50 bits per heavy atom. The lowest BCUT2D eigenvalue weighted by atomic mass is 10.3. The summed E-state index contributed by atoms with van der Waals surface area (Å²) in [7, 11) is -2.93. The quantitative estimate of drug-likeness (QED) is 0.855. The number of rotatable bonds is 3. The van der Waals surface area contributed by atoms with Gasteiger partial charge < -0.3 is 4.74 Å². The number of hydrogen-bond donors (Lipinski definition) is 1. The third kappa shape index (κ3) is 2.66. The van der Waals surface area contributed by atoms with E-state index in [4.69, 9.17) is 5.14 Å². The van der Waals surface area contributed by atoms with E-state index in [9.17, 15) is 17.2 Å². The second-order valence-corrected chi connectivity index (χ2v) is 4.97. The van der Waals surface area contributed by atoms with E-state index in [1.165, 1.54) is 0 Å². The van der Waals surface area contributed by atoms with Crippen LogP contribution in [0.2, 0.25) is 0 Å². The van der Waals surface area contributed by atoms with Crippen LogP contribution >= 0.6 is 15.9 Å². The number of aromatic nitrogens is 1. The van der Waals surface area contributed by atoms with Gasteiger partial charge in [0.25, 0.3) is 16.4 Å². The van der Waals surface area contributed by atoms with E-state index in [1.807, 2.05) is 0 Å². The summed E-state index contributed by atoms with van der Waals surface area (Å²) >= 11 is 2.74. The average Bonchev–Trinajstić information content (AvgIpc) is 2.14. The highest BCUT2D eigenvalue weighted by Crippen LogP contribution is 2.35. The molecule has 1 rings (SSSR count). The first-order chi connectivity index (χ1) is 7.27. The summed E-state index contributed by atoms with van der Waals surface area (Å²) < 4.78 is 51.5. The summed E-state index contributed by atoms with van der Waals surface area (Å²) in [5.41, 5.74) is -0.519. The first-order valence-corrected chi connectivity index (χ1v) is 6.16. The molecule has 0 aliphatic carbocycles. The van der Waals surface area contributed by atoms with Crippen molar-refractivity contribution < 1.29 is 21.9 Å². The zero-order valence-corrected chi connectivity index (χ0v) is 10.3. The van der Waals surface area contributed by atoms with Crippen LogP contribution in [0.1, 0.15) is 12.0 Å². The number of pyridine rings is 1. The van der Waals surface area contributed by atoms with Crippen LogP contribution in [0.15, 0.2) is 15.7 Å². The average molecular weight is 317 g/mol. The highest BCUT2D eigenvalue weighted by Gasteiger charge is 2.23. The third-order valence-electron chi connectivity index (χ3n) is 1.68. The molecular weight excluding hydrogens is 310 g/mol. The van der Waals surface area contributed by atoms with E-state index in [2.05, 4.69) is 25.7 Å². The van der Waals surface area contributed by atoms with Crippen LogP contribution < -0.4 is 9.88 Å². The van der Waals surface area contributed by atoms with Crippen molar-refractivity contribution in [2.75, 3.05) is 7.11 Å². The fourth-order valence-corrected chi connectivity index (χ4v) is 2.16. The predicted molar refractivity (Wildman–Crippen MR) is 54.8 cm³/mol. The number of alkyl halides is 2. The van der Waals surface area contributed by atoms with Crippen molar-refractivity contribution in [3.8, 4) is 5.75 Å². The van der Waals surface area contributed by atoms with Crippen LogP contribution in [-0.4, -0.2) is 20.5 Å². The molecule has 0 unspecified atom stereocenters. The molecule has 1 aromatic rings. The van der Waals surface area contributed by atoms with Gasteiger partial charge in [-0.3, -0.25) is 0 Å². The molecule has 9 heteroatoms. The highest BCUT2D eigenvalue weighted by molar-refractivity contribution is 9.10. The summed E-state index contributed by atoms with van der Waals surface area (Å²) in [5.74, 6) is -0.291. The molecule has 0 spiro atoms. The standard InChI is InChI=1S/C7H7BrF2N2O3S/c1-15-3-2-4(16(11,13)14)12-6(8)5(3)7(9)10/h2,7H,1H3,(H2,11,13,14). The Bertz CT molecular complexity index is 507. The summed E-state index contributed by atoms with van der Waals surface area (Å²) in [6, 6.07) is 0.849. The van der Waals surface area contributed by atoms with Crippen LogP contribution in [0.4, 0.5) is 8.78 Å². The van der Waals surface area contributed by atoms with Crippen molar-refractivity contribution in [2.24, 2.45) is 5.14 Å². The van der Waals surface area contributed by atoms with Crippen LogP contribution in [0.25, 0.3) is 0 Å². The smallest absolute Gasteiger partial charge is 0.270 e. The van der Waals surface area contributed by atoms with Crippen molar-refractivity contribution in [1.82, 2.24) is 4.98 Å². The second-order valence-electron chi connectivity index (χ2n) is 2.71. The Morgan fingerprint density at radius 1 is 1.56 bits per heavy atom. The van der Waals surface area contributed by atoms with Crippen molar-refractivity contribution in [3.05, 3.63) is 16.2 Å². The number of ether oxygens (including phenoxy) is 1. The van der Waals surface area contributed by atoms with Crippen molar-refractivity contribution >= 4 is 26.0 Å². The van der Waals surface area contributed by atoms with Crippen molar-refractivity contribution in [1.29, 1.82) is 0 Å². The summed E-state index contributed by atoms with van der Waals surface area (Å²) in [6.07, 6.45) is -2.84. The normalized spacial score (nSPS) is 11.9. The highest BCUT2D eigenvalue weighted by atomic mass is 79.9. The van der Waals surface area contributed by atoms with Crippen LogP contribution in [0, 0.1) is 0 Å². The molecule has 0 atom stereocenters. The van der Waals surface area contributed by atoms with Crippen molar-refractivity contribution in [2.45, 2.75) is 11.5 Å². The number of nitrogens with two attached hydrogens (primary N) is 1. The summed E-state index contributed by atoms with van der Waals surface area (Å²) in [4.78, 5) is 3.42. The molecular formula is C7H7BrF2N2O3S. The predicted octanol–water partition coefficient (Wildman–Crippen LogP) is 1.44. The number of methoxy groups -OCH3 is 1. The van der Waals surface area contributed by atoms with E-state index in [0.717, 1.165) is 13.2 Å². The molecule has 16 heavy (non-hydrogen) atoms. The maximum Gasteiger partial charge on any atom is 0.270 e. The number of primary sulfonamides is 1. The minimum atomic E-state index is -4.07. The van der Waals surface area contributed by atoms with Crippen LogP contribution in [-0.2, 0) is 10.0 Å². The molecule has 5 nitrogen and oxygen atoms in total. The lowest BCUT2D eigenvalue weighted by Crippen LogP contribution is -2.15. The van der Waals surface area contributed by atoms with E-state index in [-0.39, 0.29) is 10.4 Å². The maximum atomic E-state index is 12.6. The molecule has 1 aromatic heterocycles. The van der Waals surface area contributed by atoms with Crippen LogP contribution in [0.5, 0.6) is 5.75 Å². The van der Waals surface area contributed by atoms with Gasteiger partial charge in [0.05, 0.1) is 12.7 Å². The maximum absolute atomic E-state index is 12.6. The fraction of sp³-hybridized carbons (Fsp3) is 0.286. The Kier molecular flexibility index (Phi) is 3.81. The van der Waals surface area contributed by atoms with Gasteiger partial charge in [-0.2, -0.15) is 0 Å². The van der Waals surface area contributed by atoms with E-state index < -0.39 is 27.0 Å². The number of halogens is 3. The molecule has 90 valence electrons. The van der Waals surface area contributed by atoms with Gasteiger partial charge in [-0.15, -0.1) is 0 Å². The molecule has 0 aliphatic rings. The molecule has 0 amide bonds. The van der Waals surface area contributed by atoms with Gasteiger partial charge in [0, 0.05) is 6.07 Å². The fourth-order valence-electron chi connectivity index (χ4n) is 0.993. The molecule has 0 saturated heterocycles. The Morgan fingerprint density at radius 2 is 2.12 bits per heavy atom. The SMILES string of the molecule is COc1cc(S(N)(=O)=O)nc(Br)c1C(F)F. The van der Waals surface area contributed by atoms with Crippen molar-refractivity contribution in [3.63, 3.8) is 0 Å². The summed E-state index contributed by atoms with van der Waals surface area (Å²) in [5, 5.41) is 4.28.